The molecule has 1 unspecified atom stereocenters. The Morgan fingerprint density at radius 3 is 2.52 bits per heavy atom. The zero-order valence-corrected chi connectivity index (χ0v) is 16.6. The molecule has 0 aliphatic carbocycles. The quantitative estimate of drug-likeness (QED) is 0.369. The van der Waals surface area contributed by atoms with Crippen LogP contribution in [0.15, 0.2) is 30.3 Å². The number of nitrogens with one attached hydrogen (secondary N) is 2. The van der Waals surface area contributed by atoms with Crippen LogP contribution in [-0.4, -0.2) is 48.5 Å². The van der Waals surface area contributed by atoms with Crippen molar-refractivity contribution in [1.29, 1.82) is 0 Å². The van der Waals surface area contributed by atoms with Crippen LogP contribution in [0.4, 0.5) is 0 Å². The molecule has 158 valence electrons. The number of esters is 2. The average molecular weight is 405 g/mol. The van der Waals surface area contributed by atoms with Crippen LogP contribution in [0.3, 0.4) is 0 Å². The summed E-state index contributed by atoms with van der Waals surface area (Å²) >= 11 is 0. The molecule has 4 atom stereocenters. The second kappa shape index (κ2) is 10.6. The third-order valence-corrected chi connectivity index (χ3v) is 4.53. The number of carbonyl (C=O) groups is 4. The highest BCUT2D eigenvalue weighted by atomic mass is 16.6. The minimum atomic E-state index is -0.880. The normalized spacial score (nSPS) is 19.9. The standard InChI is InChI=1S/C20H27N3O6/c1-12-16(29-19(12)26)18(25)22-10-6-9-15(23-17(24)13(2)21)20(27)28-11-14-7-4-3-5-8-14/h3-5,7-8,12-13,15-16H,6,9-11,21H2,1-2H3,(H,22,25)(H,23,24)/t12?,13-,15-,16-/m0/s1. The number of hydrogen-bond donors (Lipinski definition) is 3. The van der Waals surface area contributed by atoms with E-state index in [2.05, 4.69) is 10.6 Å². The molecule has 1 aromatic rings. The molecule has 0 saturated carbocycles. The predicted octanol–water partition coefficient (Wildman–Crippen LogP) is 0.0197. The van der Waals surface area contributed by atoms with Crippen LogP contribution in [0, 0.1) is 5.92 Å². The molecule has 1 aliphatic rings. The monoisotopic (exact) mass is 405 g/mol. The highest BCUT2D eigenvalue weighted by Gasteiger charge is 2.43. The first-order valence-electron chi connectivity index (χ1n) is 9.54. The van der Waals surface area contributed by atoms with Gasteiger partial charge in [0.1, 0.15) is 18.6 Å². The first kappa shape index (κ1) is 22.4. The Balaban J connectivity index is 1.81. The maximum atomic E-state index is 12.4. The van der Waals surface area contributed by atoms with E-state index < -0.39 is 42.0 Å². The molecule has 0 bridgehead atoms. The smallest absolute Gasteiger partial charge is 0.328 e. The Morgan fingerprint density at radius 2 is 1.93 bits per heavy atom. The third kappa shape index (κ3) is 6.56. The summed E-state index contributed by atoms with van der Waals surface area (Å²) in [5.74, 6) is -2.27. The Hall–Kier alpha value is -2.94. The molecular weight excluding hydrogens is 378 g/mol. The van der Waals surface area contributed by atoms with E-state index >= 15 is 0 Å². The molecule has 4 N–H and O–H groups in total. The van der Waals surface area contributed by atoms with Crippen molar-refractivity contribution in [3.8, 4) is 0 Å². The van der Waals surface area contributed by atoms with Gasteiger partial charge in [-0.15, -0.1) is 0 Å². The highest BCUT2D eigenvalue weighted by Crippen LogP contribution is 2.21. The lowest BCUT2D eigenvalue weighted by Crippen LogP contribution is -2.53. The van der Waals surface area contributed by atoms with Crippen molar-refractivity contribution in [3.63, 3.8) is 0 Å². The van der Waals surface area contributed by atoms with E-state index in [1.807, 2.05) is 30.3 Å². The van der Waals surface area contributed by atoms with Gasteiger partial charge in [-0.25, -0.2) is 4.79 Å². The van der Waals surface area contributed by atoms with Gasteiger partial charge in [0.15, 0.2) is 6.10 Å². The van der Waals surface area contributed by atoms with Crippen molar-refractivity contribution in [3.05, 3.63) is 35.9 Å². The fourth-order valence-corrected chi connectivity index (χ4v) is 2.67. The number of amides is 2. The summed E-state index contributed by atoms with van der Waals surface area (Å²) in [5, 5.41) is 5.24. The highest BCUT2D eigenvalue weighted by molar-refractivity contribution is 5.93. The van der Waals surface area contributed by atoms with E-state index in [1.165, 1.54) is 6.92 Å². The number of hydrogen-bond acceptors (Lipinski definition) is 7. The van der Waals surface area contributed by atoms with Crippen LogP contribution in [0.5, 0.6) is 0 Å². The lowest BCUT2D eigenvalue weighted by Gasteiger charge is -2.31. The number of ether oxygens (including phenoxy) is 2. The SMILES string of the molecule is CC1C(=O)O[C@@H]1C(=O)NCCC[C@H](NC(=O)[C@H](C)N)C(=O)OCc1ccccc1. The van der Waals surface area contributed by atoms with Gasteiger partial charge in [-0.1, -0.05) is 30.3 Å². The van der Waals surface area contributed by atoms with Crippen LogP contribution in [0.2, 0.25) is 0 Å². The molecular formula is C20H27N3O6. The summed E-state index contributed by atoms with van der Waals surface area (Å²) in [6.45, 7) is 3.49. The first-order chi connectivity index (χ1) is 13.8. The maximum absolute atomic E-state index is 12.4. The van der Waals surface area contributed by atoms with Gasteiger partial charge in [0.2, 0.25) is 5.91 Å². The summed E-state index contributed by atoms with van der Waals surface area (Å²) in [4.78, 5) is 47.3. The summed E-state index contributed by atoms with van der Waals surface area (Å²) < 4.78 is 10.1. The zero-order chi connectivity index (χ0) is 21.4. The van der Waals surface area contributed by atoms with Crippen molar-refractivity contribution < 1.29 is 28.7 Å². The molecule has 29 heavy (non-hydrogen) atoms. The maximum Gasteiger partial charge on any atom is 0.328 e. The van der Waals surface area contributed by atoms with E-state index in [-0.39, 0.29) is 25.5 Å². The number of benzene rings is 1. The molecule has 2 amide bonds. The zero-order valence-electron chi connectivity index (χ0n) is 16.6. The fourth-order valence-electron chi connectivity index (χ4n) is 2.67. The molecule has 1 aliphatic heterocycles. The van der Waals surface area contributed by atoms with Gasteiger partial charge in [-0.3, -0.25) is 14.4 Å². The number of cyclic esters (lactones) is 1. The van der Waals surface area contributed by atoms with E-state index in [1.54, 1.807) is 6.92 Å². The predicted molar refractivity (Wildman–Crippen MR) is 103 cm³/mol. The van der Waals surface area contributed by atoms with Crippen LogP contribution in [0.1, 0.15) is 32.3 Å². The van der Waals surface area contributed by atoms with Crippen molar-refractivity contribution in [2.24, 2.45) is 11.7 Å². The third-order valence-electron chi connectivity index (χ3n) is 4.53. The number of nitrogens with two attached hydrogens (primary N) is 1. The van der Waals surface area contributed by atoms with Crippen LogP contribution < -0.4 is 16.4 Å². The lowest BCUT2D eigenvalue weighted by molar-refractivity contribution is -0.186. The first-order valence-corrected chi connectivity index (χ1v) is 9.54. The van der Waals surface area contributed by atoms with Crippen molar-refractivity contribution >= 4 is 23.8 Å². The van der Waals surface area contributed by atoms with Gasteiger partial charge >= 0.3 is 11.9 Å². The molecule has 1 aromatic carbocycles. The lowest BCUT2D eigenvalue weighted by atomic mass is 9.99. The van der Waals surface area contributed by atoms with Gasteiger partial charge in [0, 0.05) is 6.54 Å². The van der Waals surface area contributed by atoms with Crippen molar-refractivity contribution in [2.75, 3.05) is 6.54 Å². The molecule has 9 nitrogen and oxygen atoms in total. The van der Waals surface area contributed by atoms with Gasteiger partial charge in [-0.2, -0.15) is 0 Å². The average Bonchev–Trinajstić information content (AvgIpc) is 2.72. The van der Waals surface area contributed by atoms with E-state index in [0.29, 0.717) is 6.42 Å². The van der Waals surface area contributed by atoms with E-state index in [4.69, 9.17) is 15.2 Å². The summed E-state index contributed by atoms with van der Waals surface area (Å²) in [6.07, 6.45) is -0.107. The molecule has 1 saturated heterocycles. The molecule has 1 heterocycles. The van der Waals surface area contributed by atoms with Crippen molar-refractivity contribution in [1.82, 2.24) is 10.6 Å². The fraction of sp³-hybridized carbons (Fsp3) is 0.500. The minimum Gasteiger partial charge on any atom is -0.459 e. The van der Waals surface area contributed by atoms with Crippen LogP contribution in [0.25, 0.3) is 0 Å². The van der Waals surface area contributed by atoms with Gasteiger partial charge in [-0.05, 0) is 32.3 Å². The molecule has 1 fully saturated rings. The molecule has 9 heteroatoms. The Labute approximate surface area is 169 Å². The van der Waals surface area contributed by atoms with Crippen molar-refractivity contribution in [2.45, 2.75) is 51.5 Å². The summed E-state index contributed by atoms with van der Waals surface area (Å²) in [6, 6.07) is 7.53. The minimum absolute atomic E-state index is 0.0892. The van der Waals surface area contributed by atoms with Crippen LogP contribution in [-0.2, 0) is 35.3 Å². The topological polar surface area (TPSA) is 137 Å². The van der Waals surface area contributed by atoms with Gasteiger partial charge in [0.05, 0.1) is 6.04 Å². The largest absolute Gasteiger partial charge is 0.459 e. The van der Waals surface area contributed by atoms with Gasteiger partial charge < -0.3 is 25.8 Å². The number of carbonyl (C=O) groups excluding carboxylic acids is 4. The Bertz CT molecular complexity index is 737. The summed E-state index contributed by atoms with van der Waals surface area (Å²) in [5.41, 5.74) is 6.39. The van der Waals surface area contributed by atoms with E-state index in [9.17, 15) is 19.2 Å². The van der Waals surface area contributed by atoms with Crippen LogP contribution >= 0.6 is 0 Å². The molecule has 2 rings (SSSR count). The Kier molecular flexibility index (Phi) is 8.14. The Morgan fingerprint density at radius 1 is 1.24 bits per heavy atom. The molecule has 0 radical (unpaired) electrons. The molecule has 0 spiro atoms. The second-order valence-corrected chi connectivity index (χ2v) is 7.02. The number of rotatable bonds is 10. The van der Waals surface area contributed by atoms with Gasteiger partial charge in [0.25, 0.3) is 5.91 Å². The van der Waals surface area contributed by atoms with E-state index in [0.717, 1.165) is 5.56 Å². The summed E-state index contributed by atoms with van der Waals surface area (Å²) in [7, 11) is 0. The second-order valence-electron chi connectivity index (χ2n) is 7.02. The molecule has 0 aromatic heterocycles.